The minimum absolute atomic E-state index is 0.0680. The molecule has 5 heterocycles. The van der Waals surface area contributed by atoms with Gasteiger partial charge in [0, 0.05) is 74.6 Å². The highest BCUT2D eigenvalue weighted by Crippen LogP contribution is 2.34. The van der Waals surface area contributed by atoms with Gasteiger partial charge in [-0.1, -0.05) is 36.1 Å². The van der Waals surface area contributed by atoms with Crippen LogP contribution in [-0.2, 0) is 34.6 Å². The lowest BCUT2D eigenvalue weighted by Crippen LogP contribution is -2.49. The van der Waals surface area contributed by atoms with E-state index in [0.29, 0.717) is 36.7 Å². The summed E-state index contributed by atoms with van der Waals surface area (Å²) in [5, 5.41) is 10.9. The lowest BCUT2D eigenvalue weighted by molar-refractivity contribution is -0.138. The summed E-state index contributed by atoms with van der Waals surface area (Å²) in [7, 11) is -1.92. The van der Waals surface area contributed by atoms with Gasteiger partial charge in [-0.3, -0.25) is 24.6 Å². The number of carbonyl (C=O) groups excluding carboxylic acids is 2. The first kappa shape index (κ1) is 40.0. The van der Waals surface area contributed by atoms with E-state index in [1.165, 1.54) is 20.3 Å². The zero-order chi connectivity index (χ0) is 41.3. The van der Waals surface area contributed by atoms with E-state index in [0.717, 1.165) is 61.3 Å². The first-order chi connectivity index (χ1) is 28.3. The van der Waals surface area contributed by atoms with Crippen molar-refractivity contribution < 1.29 is 31.2 Å². The maximum absolute atomic E-state index is 13.5. The van der Waals surface area contributed by atoms with Crippen molar-refractivity contribution in [2.24, 2.45) is 7.05 Å². The van der Waals surface area contributed by atoms with E-state index in [1.807, 2.05) is 25.2 Å². The summed E-state index contributed by atoms with van der Waals surface area (Å²) in [6.07, 6.45) is 0.0866. The standard InChI is InChI=1S/C42H42F3N9O4S/c1-51-37-24-32(11-12-36(37)39(50-51)54-22-17-38(55)49-41(54)56)31-13-18-52(19-14-31)27-30-9-6-28(7-10-30)5-8-29-3-2-4-35(23-29)59(57,58)53-20-15-34(16-21-53)48-40-46-25-33(26-47-40)42(43,44)45/h2-4,6-7,9-12,23-26,31,34H,13-22,27H2,1H3,(H,46,47,48)(H,49,55,56). The Morgan fingerprint density at radius 1 is 0.864 bits per heavy atom. The normalized spacial score (nSPS) is 17.8. The summed E-state index contributed by atoms with van der Waals surface area (Å²) in [4.78, 5) is 35.8. The molecule has 0 radical (unpaired) electrons. The molecule has 3 aromatic carbocycles. The highest BCUT2D eigenvalue weighted by atomic mass is 32.2. The number of benzene rings is 3. The smallest absolute Gasteiger partial charge is 0.351 e. The van der Waals surface area contributed by atoms with Gasteiger partial charge in [0.2, 0.25) is 21.9 Å². The van der Waals surface area contributed by atoms with E-state index >= 15 is 0 Å². The van der Waals surface area contributed by atoms with Gasteiger partial charge in [-0.15, -0.1) is 0 Å². The fraction of sp³-hybridized carbons (Fsp3) is 0.357. The number of hydrogen-bond acceptors (Lipinski definition) is 9. The van der Waals surface area contributed by atoms with Crippen LogP contribution in [0.1, 0.15) is 65.8 Å². The van der Waals surface area contributed by atoms with Crippen LogP contribution in [-0.4, -0.2) is 88.1 Å². The molecule has 3 aliphatic rings. The quantitative estimate of drug-likeness (QED) is 0.184. The molecule has 59 heavy (non-hydrogen) atoms. The Kier molecular flexibility index (Phi) is 11.1. The molecule has 13 nitrogen and oxygen atoms in total. The average Bonchev–Trinajstić information content (AvgIpc) is 3.56. The van der Waals surface area contributed by atoms with Crippen molar-refractivity contribution in [3.05, 3.63) is 107 Å². The van der Waals surface area contributed by atoms with Crippen LogP contribution in [0.2, 0.25) is 0 Å². The number of sulfonamides is 1. The van der Waals surface area contributed by atoms with E-state index < -0.39 is 27.8 Å². The molecule has 0 aliphatic carbocycles. The number of imide groups is 1. The molecule has 0 saturated carbocycles. The van der Waals surface area contributed by atoms with E-state index in [2.05, 4.69) is 66.7 Å². The number of aryl methyl sites for hydroxylation is 1. The third-order valence-electron chi connectivity index (χ3n) is 11.2. The fourth-order valence-corrected chi connectivity index (χ4v) is 9.37. The Balaban J connectivity index is 0.824. The van der Waals surface area contributed by atoms with Crippen molar-refractivity contribution in [2.45, 2.75) is 61.7 Å². The van der Waals surface area contributed by atoms with Gasteiger partial charge < -0.3 is 5.32 Å². The number of piperidine rings is 2. The maximum Gasteiger partial charge on any atom is 0.419 e. The molecule has 0 bridgehead atoms. The number of alkyl halides is 3. The summed E-state index contributed by atoms with van der Waals surface area (Å²) in [6.45, 7) is 3.50. The molecule has 0 spiro atoms. The zero-order valence-electron chi connectivity index (χ0n) is 32.2. The third-order valence-corrected chi connectivity index (χ3v) is 13.1. The summed E-state index contributed by atoms with van der Waals surface area (Å²) in [5.74, 6) is 7.03. The van der Waals surface area contributed by atoms with Gasteiger partial charge in [0.1, 0.15) is 0 Å². The van der Waals surface area contributed by atoms with Crippen molar-refractivity contribution in [1.82, 2.24) is 34.3 Å². The third kappa shape index (κ3) is 8.94. The molecule has 0 unspecified atom stereocenters. The molecule has 0 atom stereocenters. The van der Waals surface area contributed by atoms with Crippen LogP contribution in [0.15, 0.2) is 84.0 Å². The van der Waals surface area contributed by atoms with Crippen LogP contribution in [0.5, 0.6) is 0 Å². The van der Waals surface area contributed by atoms with Crippen LogP contribution in [0.25, 0.3) is 10.9 Å². The molecule has 17 heteroatoms. The van der Waals surface area contributed by atoms with Crippen molar-refractivity contribution in [3.8, 4) is 11.8 Å². The molecular formula is C42H42F3N9O4S. The van der Waals surface area contributed by atoms with Crippen LogP contribution < -0.4 is 15.5 Å². The summed E-state index contributed by atoms with van der Waals surface area (Å²) < 4.78 is 68.8. The maximum atomic E-state index is 13.5. The number of amides is 3. The lowest BCUT2D eigenvalue weighted by Gasteiger charge is -2.32. The number of fused-ring (bicyclic) bond motifs is 1. The molecule has 3 aliphatic heterocycles. The lowest BCUT2D eigenvalue weighted by atomic mass is 9.89. The zero-order valence-corrected chi connectivity index (χ0v) is 33.1. The second kappa shape index (κ2) is 16.4. The van der Waals surface area contributed by atoms with E-state index in [-0.39, 0.29) is 42.3 Å². The number of anilines is 2. The Morgan fingerprint density at radius 2 is 1.58 bits per heavy atom. The SMILES string of the molecule is Cn1nc(N2CCC(=O)NC2=O)c2ccc(C3CCN(Cc4ccc(C#Cc5cccc(S(=O)(=O)N6CCC(Nc7ncc(C(F)(F)F)cn7)CC6)c5)cc4)CC3)cc21. The highest BCUT2D eigenvalue weighted by molar-refractivity contribution is 7.89. The van der Waals surface area contributed by atoms with Crippen LogP contribution in [0, 0.1) is 11.8 Å². The van der Waals surface area contributed by atoms with E-state index in [9.17, 15) is 31.2 Å². The van der Waals surface area contributed by atoms with Crippen LogP contribution in [0.4, 0.5) is 29.7 Å². The van der Waals surface area contributed by atoms with Gasteiger partial charge in [-0.2, -0.15) is 22.6 Å². The fourth-order valence-electron chi connectivity index (χ4n) is 7.85. The monoisotopic (exact) mass is 825 g/mol. The van der Waals surface area contributed by atoms with E-state index in [1.54, 1.807) is 28.9 Å². The molecule has 3 fully saturated rings. The number of rotatable bonds is 8. The van der Waals surface area contributed by atoms with Gasteiger partial charge in [0.25, 0.3) is 0 Å². The number of aromatic nitrogens is 4. The van der Waals surface area contributed by atoms with Crippen LogP contribution >= 0.6 is 0 Å². The molecule has 306 valence electrons. The Hall–Kier alpha value is -5.83. The number of hydrogen-bond donors (Lipinski definition) is 2. The summed E-state index contributed by atoms with van der Waals surface area (Å²) in [6, 6.07) is 20.4. The van der Waals surface area contributed by atoms with Gasteiger partial charge in [0.05, 0.1) is 16.0 Å². The second-order valence-corrected chi connectivity index (χ2v) is 17.1. The van der Waals surface area contributed by atoms with Crippen LogP contribution in [0.3, 0.4) is 0 Å². The Morgan fingerprint density at radius 3 is 2.27 bits per heavy atom. The number of urea groups is 1. The predicted molar refractivity (Wildman–Crippen MR) is 215 cm³/mol. The molecule has 8 rings (SSSR count). The van der Waals surface area contributed by atoms with Crippen molar-refractivity contribution in [1.29, 1.82) is 0 Å². The van der Waals surface area contributed by atoms with Gasteiger partial charge in [0.15, 0.2) is 5.82 Å². The van der Waals surface area contributed by atoms with Gasteiger partial charge in [-0.05, 0) is 98.3 Å². The van der Waals surface area contributed by atoms with Crippen molar-refractivity contribution in [2.75, 3.05) is 42.9 Å². The summed E-state index contributed by atoms with van der Waals surface area (Å²) >= 11 is 0. The Labute approximate surface area is 339 Å². The minimum atomic E-state index is -4.52. The number of nitrogens with one attached hydrogen (secondary N) is 2. The first-order valence-electron chi connectivity index (χ1n) is 19.5. The number of halogens is 3. The molecule has 3 saturated heterocycles. The minimum Gasteiger partial charge on any atom is -0.351 e. The Bertz CT molecular complexity index is 2540. The predicted octanol–water partition coefficient (Wildman–Crippen LogP) is 5.87. The van der Waals surface area contributed by atoms with Gasteiger partial charge >= 0.3 is 12.2 Å². The highest BCUT2D eigenvalue weighted by Gasteiger charge is 2.33. The largest absolute Gasteiger partial charge is 0.419 e. The van der Waals surface area contributed by atoms with Crippen molar-refractivity contribution >= 4 is 44.6 Å². The average molecular weight is 826 g/mol. The molecule has 2 aromatic heterocycles. The number of carbonyl (C=O) groups is 2. The molecular weight excluding hydrogens is 784 g/mol. The van der Waals surface area contributed by atoms with E-state index in [4.69, 9.17) is 0 Å². The number of nitrogens with zero attached hydrogens (tertiary/aromatic N) is 7. The van der Waals surface area contributed by atoms with Gasteiger partial charge in [-0.25, -0.2) is 23.2 Å². The first-order valence-corrected chi connectivity index (χ1v) is 20.9. The van der Waals surface area contributed by atoms with Crippen molar-refractivity contribution in [3.63, 3.8) is 0 Å². The number of likely N-dealkylation sites (tertiary alicyclic amines) is 1. The summed E-state index contributed by atoms with van der Waals surface area (Å²) in [5.41, 5.74) is 3.84. The topological polar surface area (TPSA) is 146 Å². The molecule has 2 N–H and O–H groups in total. The molecule has 3 amide bonds. The second-order valence-electron chi connectivity index (χ2n) is 15.1. The molecule has 5 aromatic rings.